The van der Waals surface area contributed by atoms with Crippen molar-refractivity contribution in [1.82, 2.24) is 14.7 Å². The van der Waals surface area contributed by atoms with Crippen molar-refractivity contribution in [2.24, 2.45) is 0 Å². The van der Waals surface area contributed by atoms with E-state index >= 15 is 0 Å². The normalized spacial score (nSPS) is 17.7. The largest absolute Gasteiger partial charge is 0.508 e. The summed E-state index contributed by atoms with van der Waals surface area (Å²) < 4.78 is 1.81. The van der Waals surface area contributed by atoms with Crippen LogP contribution in [0.2, 0.25) is 0 Å². The van der Waals surface area contributed by atoms with Crippen molar-refractivity contribution >= 4 is 5.91 Å². The van der Waals surface area contributed by atoms with Gasteiger partial charge >= 0.3 is 0 Å². The van der Waals surface area contributed by atoms with Gasteiger partial charge < -0.3 is 10.0 Å². The molecule has 2 aromatic rings. The first-order valence-corrected chi connectivity index (χ1v) is 9.22. The maximum absolute atomic E-state index is 13.1. The molecular formula is C20H27N3O2. The average Bonchev–Trinajstić information content (AvgIpc) is 3.02. The third kappa shape index (κ3) is 4.03. The molecule has 1 atom stereocenters. The Morgan fingerprint density at radius 1 is 1.28 bits per heavy atom. The lowest BCUT2D eigenvalue weighted by Gasteiger charge is -2.36. The van der Waals surface area contributed by atoms with E-state index in [9.17, 15) is 9.90 Å². The molecule has 1 aromatic heterocycles. The quantitative estimate of drug-likeness (QED) is 0.905. The Morgan fingerprint density at radius 2 is 2.04 bits per heavy atom. The fraction of sp³-hybridized carbons (Fsp3) is 0.500. The van der Waals surface area contributed by atoms with Crippen LogP contribution in [0.4, 0.5) is 0 Å². The van der Waals surface area contributed by atoms with Crippen molar-refractivity contribution in [3.63, 3.8) is 0 Å². The first kappa shape index (κ1) is 17.5. The summed E-state index contributed by atoms with van der Waals surface area (Å²) in [5.41, 5.74) is 2.80. The van der Waals surface area contributed by atoms with Gasteiger partial charge in [-0.3, -0.25) is 9.48 Å². The second-order valence-corrected chi connectivity index (χ2v) is 6.84. The zero-order valence-corrected chi connectivity index (χ0v) is 15.1. The molecule has 1 aliphatic rings. The van der Waals surface area contributed by atoms with E-state index in [4.69, 9.17) is 0 Å². The number of aromatic nitrogens is 2. The minimum absolute atomic E-state index is 0.109. The smallest absolute Gasteiger partial charge is 0.272 e. The fourth-order valence-electron chi connectivity index (χ4n) is 3.67. The van der Waals surface area contributed by atoms with E-state index in [1.807, 2.05) is 41.6 Å². The molecule has 1 aromatic carbocycles. The molecule has 1 amide bonds. The van der Waals surface area contributed by atoms with Gasteiger partial charge in [-0.25, -0.2) is 0 Å². The number of amides is 1. The molecule has 1 fully saturated rings. The highest BCUT2D eigenvalue weighted by atomic mass is 16.3. The van der Waals surface area contributed by atoms with E-state index in [2.05, 4.69) is 5.10 Å². The first-order chi connectivity index (χ1) is 12.1. The van der Waals surface area contributed by atoms with Crippen LogP contribution in [0.25, 0.3) is 0 Å². The molecular weight excluding hydrogens is 314 g/mol. The van der Waals surface area contributed by atoms with E-state index in [0.717, 1.165) is 37.9 Å². The van der Waals surface area contributed by atoms with E-state index < -0.39 is 0 Å². The van der Waals surface area contributed by atoms with Crippen molar-refractivity contribution in [2.75, 3.05) is 6.54 Å². The van der Waals surface area contributed by atoms with Gasteiger partial charge in [0.25, 0.3) is 5.91 Å². The topological polar surface area (TPSA) is 58.4 Å². The molecule has 2 heterocycles. The Hall–Kier alpha value is -2.30. The van der Waals surface area contributed by atoms with Crippen LogP contribution in [0.3, 0.4) is 0 Å². The summed E-state index contributed by atoms with van der Waals surface area (Å²) in [6.07, 6.45) is 5.18. The minimum Gasteiger partial charge on any atom is -0.508 e. The second kappa shape index (κ2) is 7.72. The number of aromatic hydroxyl groups is 1. The van der Waals surface area contributed by atoms with E-state index in [0.29, 0.717) is 18.0 Å². The van der Waals surface area contributed by atoms with Crippen molar-refractivity contribution in [3.05, 3.63) is 47.3 Å². The minimum atomic E-state index is 0.109. The van der Waals surface area contributed by atoms with Gasteiger partial charge in [-0.1, -0.05) is 12.1 Å². The third-order valence-corrected chi connectivity index (χ3v) is 5.01. The van der Waals surface area contributed by atoms with Crippen LogP contribution < -0.4 is 0 Å². The average molecular weight is 341 g/mol. The number of benzene rings is 1. The summed E-state index contributed by atoms with van der Waals surface area (Å²) in [5.74, 6) is 0.402. The van der Waals surface area contributed by atoms with Crippen molar-refractivity contribution in [2.45, 2.75) is 58.5 Å². The number of piperidine rings is 1. The molecule has 0 bridgehead atoms. The number of hydrogen-bond acceptors (Lipinski definition) is 3. The van der Waals surface area contributed by atoms with Gasteiger partial charge in [-0.2, -0.15) is 5.10 Å². The summed E-state index contributed by atoms with van der Waals surface area (Å²) in [4.78, 5) is 15.1. The van der Waals surface area contributed by atoms with Crippen LogP contribution in [0, 0.1) is 6.92 Å². The molecule has 0 radical (unpaired) electrons. The number of nitrogens with zero attached hydrogens (tertiary/aromatic N) is 3. The maximum atomic E-state index is 13.1. The summed E-state index contributed by atoms with van der Waals surface area (Å²) in [5, 5.41) is 13.8. The second-order valence-electron chi connectivity index (χ2n) is 6.84. The highest BCUT2D eigenvalue weighted by Gasteiger charge is 2.29. The van der Waals surface area contributed by atoms with Gasteiger partial charge in [0, 0.05) is 19.1 Å². The van der Waals surface area contributed by atoms with E-state index in [1.165, 1.54) is 12.0 Å². The first-order valence-electron chi connectivity index (χ1n) is 9.22. The van der Waals surface area contributed by atoms with Gasteiger partial charge in [-0.15, -0.1) is 0 Å². The maximum Gasteiger partial charge on any atom is 0.272 e. The molecule has 134 valence electrons. The number of rotatable bonds is 5. The van der Waals surface area contributed by atoms with Crippen molar-refractivity contribution < 1.29 is 9.90 Å². The lowest BCUT2D eigenvalue weighted by Crippen LogP contribution is -2.44. The van der Waals surface area contributed by atoms with Gasteiger partial charge in [0.05, 0.1) is 5.69 Å². The molecule has 25 heavy (non-hydrogen) atoms. The summed E-state index contributed by atoms with van der Waals surface area (Å²) in [6, 6.07) is 9.54. The van der Waals surface area contributed by atoms with Gasteiger partial charge in [0.2, 0.25) is 0 Å². The lowest BCUT2D eigenvalue weighted by molar-refractivity contribution is 0.0589. The molecule has 0 aliphatic carbocycles. The van der Waals surface area contributed by atoms with Gasteiger partial charge in [-0.05, 0) is 69.7 Å². The van der Waals surface area contributed by atoms with Crippen LogP contribution in [0.1, 0.15) is 54.4 Å². The number of likely N-dealkylation sites (tertiary alicyclic amines) is 1. The SMILES string of the molecule is CCn1nc(C)cc1C(=O)N1CCCCC1CCc1ccc(O)cc1. The van der Waals surface area contributed by atoms with Crippen LogP contribution >= 0.6 is 0 Å². The van der Waals surface area contributed by atoms with Crippen molar-refractivity contribution in [3.8, 4) is 5.75 Å². The van der Waals surface area contributed by atoms with Gasteiger partial charge in [0.15, 0.2) is 0 Å². The predicted octanol–water partition coefficient (Wildman–Crippen LogP) is 3.54. The molecule has 5 heteroatoms. The molecule has 1 saturated heterocycles. The van der Waals surface area contributed by atoms with E-state index in [-0.39, 0.29) is 11.9 Å². The summed E-state index contributed by atoms with van der Waals surface area (Å²) in [6.45, 7) is 5.48. The number of carbonyl (C=O) groups is 1. The molecule has 5 nitrogen and oxygen atoms in total. The monoisotopic (exact) mass is 341 g/mol. The summed E-state index contributed by atoms with van der Waals surface area (Å²) in [7, 11) is 0. The number of aryl methyl sites for hydroxylation is 3. The Kier molecular flexibility index (Phi) is 5.41. The molecule has 0 saturated carbocycles. The standard InChI is InChI=1S/C20H27N3O2/c1-3-23-19(14-15(2)21-23)20(25)22-13-5-4-6-17(22)10-7-16-8-11-18(24)12-9-16/h8-9,11-12,14,17,24H,3-7,10,13H2,1-2H3. The number of hydrogen-bond donors (Lipinski definition) is 1. The third-order valence-electron chi connectivity index (χ3n) is 5.01. The molecule has 3 rings (SSSR count). The van der Waals surface area contributed by atoms with Crippen LogP contribution in [0.5, 0.6) is 5.75 Å². The Morgan fingerprint density at radius 3 is 2.76 bits per heavy atom. The van der Waals surface area contributed by atoms with Crippen molar-refractivity contribution in [1.29, 1.82) is 0 Å². The number of phenolic OH excluding ortho intramolecular Hbond substituents is 1. The molecule has 1 aliphatic heterocycles. The van der Waals surface area contributed by atoms with Crippen LogP contribution in [0.15, 0.2) is 30.3 Å². The zero-order valence-electron chi connectivity index (χ0n) is 15.1. The molecule has 1 N–H and O–H groups in total. The number of phenols is 1. The lowest BCUT2D eigenvalue weighted by atomic mass is 9.95. The zero-order chi connectivity index (χ0) is 17.8. The highest BCUT2D eigenvalue weighted by Crippen LogP contribution is 2.24. The highest BCUT2D eigenvalue weighted by molar-refractivity contribution is 5.93. The van der Waals surface area contributed by atoms with Crippen LogP contribution in [-0.2, 0) is 13.0 Å². The molecule has 1 unspecified atom stereocenters. The Balaban J connectivity index is 1.71. The van der Waals surface area contributed by atoms with Crippen LogP contribution in [-0.4, -0.2) is 38.3 Å². The predicted molar refractivity (Wildman–Crippen MR) is 97.7 cm³/mol. The van der Waals surface area contributed by atoms with E-state index in [1.54, 1.807) is 12.1 Å². The molecule has 0 spiro atoms. The number of carbonyl (C=O) groups excluding carboxylic acids is 1. The Bertz CT molecular complexity index is 721. The fourth-order valence-corrected chi connectivity index (χ4v) is 3.67. The summed E-state index contributed by atoms with van der Waals surface area (Å²) >= 11 is 0. The Labute approximate surface area is 149 Å². The van der Waals surface area contributed by atoms with Gasteiger partial charge in [0.1, 0.15) is 11.4 Å².